The molecule has 0 saturated carbocycles. The molecule has 2 rings (SSSR count). The molecule has 0 unspecified atom stereocenters. The highest BCUT2D eigenvalue weighted by atomic mass is 16.5. The molecule has 0 aromatic carbocycles. The van der Waals surface area contributed by atoms with E-state index in [1.54, 1.807) is 41.5 Å². The fraction of sp³-hybridized carbons (Fsp3) is 0.684. The molecule has 9 nitrogen and oxygen atoms in total. The predicted molar refractivity (Wildman–Crippen MR) is 102 cm³/mol. The number of Topliss-reactive ketones (excluding diaryl/α,β-unsaturated/α-hetero) is 2. The van der Waals surface area contributed by atoms with Crippen LogP contribution in [0, 0.1) is 10.8 Å². The van der Waals surface area contributed by atoms with Crippen molar-refractivity contribution in [2.45, 2.75) is 66.4 Å². The van der Waals surface area contributed by atoms with Crippen molar-refractivity contribution in [2.24, 2.45) is 10.8 Å². The van der Waals surface area contributed by atoms with Gasteiger partial charge in [0.05, 0.1) is 18.3 Å². The highest BCUT2D eigenvalue weighted by Gasteiger charge is 2.42. The minimum atomic E-state index is -1.26. The normalized spacial score (nSPS) is 23.1. The first-order chi connectivity index (χ1) is 12.7. The highest BCUT2D eigenvalue weighted by Crippen LogP contribution is 2.34. The van der Waals surface area contributed by atoms with Gasteiger partial charge in [0.15, 0.2) is 17.8 Å². The molecule has 1 aromatic rings. The zero-order chi connectivity index (χ0) is 21.6. The van der Waals surface area contributed by atoms with Gasteiger partial charge in [-0.25, -0.2) is 4.79 Å². The second kappa shape index (κ2) is 7.38. The Kier molecular flexibility index (Phi) is 5.85. The lowest BCUT2D eigenvalue weighted by Gasteiger charge is -2.28. The number of hydrogen-bond donors (Lipinski definition) is 3. The Morgan fingerprint density at radius 1 is 1.18 bits per heavy atom. The summed E-state index contributed by atoms with van der Waals surface area (Å²) < 4.78 is 6.48. The molecule has 1 aliphatic rings. The summed E-state index contributed by atoms with van der Waals surface area (Å²) in [6.45, 7) is 9.58. The summed E-state index contributed by atoms with van der Waals surface area (Å²) >= 11 is 0. The van der Waals surface area contributed by atoms with Crippen molar-refractivity contribution in [3.05, 3.63) is 21.7 Å². The molecule has 1 aromatic heterocycles. The number of aliphatic hydroxyl groups is 2. The quantitative estimate of drug-likeness (QED) is 0.638. The Labute approximate surface area is 163 Å². The number of carbonyl (C=O) groups is 2. The Hall–Kier alpha value is -2.10. The van der Waals surface area contributed by atoms with Crippen molar-refractivity contribution >= 4 is 17.4 Å². The fourth-order valence-corrected chi connectivity index (χ4v) is 3.04. The van der Waals surface area contributed by atoms with Gasteiger partial charge >= 0.3 is 5.69 Å². The Balaban J connectivity index is 2.87. The summed E-state index contributed by atoms with van der Waals surface area (Å²) in [7, 11) is 0. The van der Waals surface area contributed by atoms with Crippen LogP contribution in [-0.4, -0.2) is 50.1 Å². The number of nitrogen functional groups attached to an aromatic ring is 1. The Morgan fingerprint density at radius 3 is 2.14 bits per heavy atom. The third-order valence-electron chi connectivity index (χ3n) is 4.58. The molecule has 0 spiro atoms. The first-order valence-corrected chi connectivity index (χ1v) is 9.16. The number of ether oxygens (including phenoxy) is 1. The van der Waals surface area contributed by atoms with Crippen LogP contribution in [0.4, 0.5) is 5.82 Å². The molecule has 28 heavy (non-hydrogen) atoms. The Bertz CT molecular complexity index is 847. The molecule has 9 heteroatoms. The zero-order valence-electron chi connectivity index (χ0n) is 17.1. The van der Waals surface area contributed by atoms with E-state index in [2.05, 4.69) is 4.98 Å². The summed E-state index contributed by atoms with van der Waals surface area (Å²) in [5.74, 6) is -1.29. The van der Waals surface area contributed by atoms with Gasteiger partial charge in [-0.3, -0.25) is 14.2 Å². The van der Waals surface area contributed by atoms with E-state index >= 15 is 0 Å². The number of anilines is 1. The number of aromatic nitrogens is 2. The van der Waals surface area contributed by atoms with Gasteiger partial charge in [-0.15, -0.1) is 0 Å². The number of aliphatic hydroxyl groups excluding tert-OH is 2. The van der Waals surface area contributed by atoms with Crippen LogP contribution in [0.5, 0.6) is 0 Å². The van der Waals surface area contributed by atoms with E-state index in [1.165, 1.54) is 0 Å². The topological polar surface area (TPSA) is 145 Å². The van der Waals surface area contributed by atoms with E-state index in [0.29, 0.717) is 0 Å². The number of ketones is 2. The smallest absolute Gasteiger partial charge is 0.352 e. The van der Waals surface area contributed by atoms with Gasteiger partial charge in [-0.2, -0.15) is 4.98 Å². The van der Waals surface area contributed by atoms with Crippen molar-refractivity contribution in [3.8, 4) is 0 Å². The van der Waals surface area contributed by atoms with Crippen LogP contribution >= 0.6 is 0 Å². The van der Waals surface area contributed by atoms with Gasteiger partial charge in [0, 0.05) is 17.3 Å². The van der Waals surface area contributed by atoms with Crippen molar-refractivity contribution in [1.82, 2.24) is 9.55 Å². The van der Waals surface area contributed by atoms with Crippen molar-refractivity contribution in [3.63, 3.8) is 0 Å². The van der Waals surface area contributed by atoms with Crippen LogP contribution in [0.3, 0.4) is 0 Å². The summed E-state index contributed by atoms with van der Waals surface area (Å²) in [4.78, 5) is 42.8. The molecule has 0 amide bonds. The summed E-state index contributed by atoms with van der Waals surface area (Å²) in [6.07, 6.45) is -3.05. The van der Waals surface area contributed by atoms with Crippen LogP contribution in [0.2, 0.25) is 0 Å². The number of carbonyl (C=O) groups excluding carboxylic acids is 2. The first kappa shape index (κ1) is 22.2. The number of nitrogens with zero attached hydrogens (tertiary/aromatic N) is 2. The predicted octanol–water partition coefficient (Wildman–Crippen LogP) is 0.924. The maximum Gasteiger partial charge on any atom is 0.352 e. The third-order valence-corrected chi connectivity index (χ3v) is 4.58. The maximum absolute atomic E-state index is 13.3. The molecule has 156 valence electrons. The first-order valence-electron chi connectivity index (χ1n) is 9.16. The second-order valence-corrected chi connectivity index (χ2v) is 9.17. The monoisotopic (exact) mass is 395 g/mol. The van der Waals surface area contributed by atoms with Crippen molar-refractivity contribution in [2.75, 3.05) is 12.3 Å². The average molecular weight is 395 g/mol. The molecule has 1 saturated heterocycles. The molecule has 0 aliphatic carbocycles. The van der Waals surface area contributed by atoms with Crippen molar-refractivity contribution in [1.29, 1.82) is 0 Å². The standard InChI is InChI=1S/C19H29N3O6/c1-18(2,3)13(25)11-12(14(26)19(4,5)6)22(17(27)21-15(11)20)16-10(24)7-9(8-23)28-16/h9-10,16,23-24H,7-8H2,1-6H3,(H2,20,21,27)/t9-,10-,16+/m0/s1. The van der Waals surface area contributed by atoms with Crippen molar-refractivity contribution < 1.29 is 24.5 Å². The fourth-order valence-electron chi connectivity index (χ4n) is 3.04. The molecular weight excluding hydrogens is 366 g/mol. The lowest BCUT2D eigenvalue weighted by atomic mass is 9.81. The third kappa shape index (κ3) is 4.01. The number of nitrogens with two attached hydrogens (primary N) is 1. The zero-order valence-corrected chi connectivity index (χ0v) is 17.1. The second-order valence-electron chi connectivity index (χ2n) is 9.17. The van der Waals surface area contributed by atoms with Gasteiger partial charge in [-0.1, -0.05) is 41.5 Å². The van der Waals surface area contributed by atoms with E-state index in [-0.39, 0.29) is 30.1 Å². The maximum atomic E-state index is 13.3. The van der Waals surface area contributed by atoms with E-state index in [1.807, 2.05) is 0 Å². The SMILES string of the molecule is CC(C)(C)C(=O)c1c(N)nc(=O)n([C@@H]2O[C@H](CO)C[C@@H]2O)c1C(=O)C(C)(C)C. The van der Waals surface area contributed by atoms with Crippen LogP contribution in [0.15, 0.2) is 4.79 Å². The van der Waals surface area contributed by atoms with Crippen LogP contribution in [-0.2, 0) is 4.74 Å². The number of rotatable bonds is 4. The van der Waals surface area contributed by atoms with E-state index < -0.39 is 46.5 Å². The molecule has 4 N–H and O–H groups in total. The van der Waals surface area contributed by atoms with Gasteiger partial charge in [0.25, 0.3) is 0 Å². The van der Waals surface area contributed by atoms with Crippen LogP contribution in [0.25, 0.3) is 0 Å². The summed E-state index contributed by atoms with van der Waals surface area (Å²) in [5.41, 5.74) is 2.78. The summed E-state index contributed by atoms with van der Waals surface area (Å²) in [6, 6.07) is 0. The molecule has 0 radical (unpaired) electrons. The average Bonchev–Trinajstić information content (AvgIpc) is 2.92. The largest absolute Gasteiger partial charge is 0.394 e. The van der Waals surface area contributed by atoms with Gasteiger partial charge in [0.1, 0.15) is 17.6 Å². The molecular formula is C19H29N3O6. The van der Waals surface area contributed by atoms with E-state index in [9.17, 15) is 24.6 Å². The summed E-state index contributed by atoms with van der Waals surface area (Å²) in [5, 5.41) is 19.7. The van der Waals surface area contributed by atoms with E-state index in [4.69, 9.17) is 10.5 Å². The number of hydrogen-bond acceptors (Lipinski definition) is 8. The molecule has 3 atom stereocenters. The Morgan fingerprint density at radius 2 is 1.71 bits per heavy atom. The van der Waals surface area contributed by atoms with Gasteiger partial charge in [0.2, 0.25) is 0 Å². The lowest BCUT2D eigenvalue weighted by molar-refractivity contribution is -0.0540. The van der Waals surface area contributed by atoms with Gasteiger partial charge in [-0.05, 0) is 0 Å². The van der Waals surface area contributed by atoms with Crippen LogP contribution in [0.1, 0.15) is 75.0 Å². The molecule has 2 heterocycles. The highest BCUT2D eigenvalue weighted by molar-refractivity contribution is 6.13. The minimum absolute atomic E-state index is 0.0731. The molecule has 1 aliphatic heterocycles. The van der Waals surface area contributed by atoms with Crippen LogP contribution < -0.4 is 11.4 Å². The minimum Gasteiger partial charge on any atom is -0.394 e. The lowest BCUT2D eigenvalue weighted by Crippen LogP contribution is -2.41. The van der Waals surface area contributed by atoms with Gasteiger partial charge < -0.3 is 20.7 Å². The van der Waals surface area contributed by atoms with E-state index in [0.717, 1.165) is 4.57 Å². The molecule has 1 fully saturated rings. The molecule has 0 bridgehead atoms.